The molecule has 2 atom stereocenters. The first-order valence-electron chi connectivity index (χ1n) is 6.13. The van der Waals surface area contributed by atoms with Crippen molar-refractivity contribution in [3.05, 3.63) is 18.0 Å². The summed E-state index contributed by atoms with van der Waals surface area (Å²) in [5.74, 6) is 1.43. The zero-order valence-corrected chi connectivity index (χ0v) is 10.8. The second-order valence-corrected chi connectivity index (χ2v) is 4.84. The quantitative estimate of drug-likeness (QED) is 0.864. The summed E-state index contributed by atoms with van der Waals surface area (Å²) in [6, 6.07) is 2.60. The predicted octanol–water partition coefficient (Wildman–Crippen LogP) is 1.57. The van der Waals surface area contributed by atoms with E-state index in [0.29, 0.717) is 12.0 Å². The van der Waals surface area contributed by atoms with Gasteiger partial charge in [-0.1, -0.05) is 0 Å². The van der Waals surface area contributed by atoms with Crippen LogP contribution in [0, 0.1) is 12.8 Å². The lowest BCUT2D eigenvalue weighted by atomic mass is 10.1. The molecule has 0 spiro atoms. The van der Waals surface area contributed by atoms with Crippen LogP contribution in [0.1, 0.15) is 19.0 Å². The van der Waals surface area contributed by atoms with Crippen LogP contribution in [0.3, 0.4) is 0 Å². The zero-order valence-electron chi connectivity index (χ0n) is 10.8. The van der Waals surface area contributed by atoms with E-state index in [1.807, 2.05) is 6.92 Å². The smallest absolute Gasteiger partial charge is 0.160 e. The van der Waals surface area contributed by atoms with Crippen molar-refractivity contribution in [1.82, 2.24) is 4.98 Å². The van der Waals surface area contributed by atoms with Crippen molar-refractivity contribution in [3.63, 3.8) is 0 Å². The van der Waals surface area contributed by atoms with E-state index in [2.05, 4.69) is 22.9 Å². The Hall–Kier alpha value is -1.29. The summed E-state index contributed by atoms with van der Waals surface area (Å²) < 4.78 is 5.39. The predicted molar refractivity (Wildman–Crippen MR) is 69.5 cm³/mol. The first kappa shape index (κ1) is 12.2. The molecule has 4 heteroatoms. The molecule has 2 unspecified atom stereocenters. The molecule has 1 aliphatic heterocycles. The van der Waals surface area contributed by atoms with Crippen LogP contribution in [0.2, 0.25) is 0 Å². The Morgan fingerprint density at radius 1 is 1.59 bits per heavy atom. The minimum Gasteiger partial charge on any atom is -0.493 e. The van der Waals surface area contributed by atoms with Gasteiger partial charge >= 0.3 is 0 Å². The lowest BCUT2D eigenvalue weighted by Gasteiger charge is -2.25. The highest BCUT2D eigenvalue weighted by molar-refractivity contribution is 5.59. The molecule has 2 N–H and O–H groups in total. The molecule has 0 bridgehead atoms. The van der Waals surface area contributed by atoms with Crippen molar-refractivity contribution in [2.24, 2.45) is 11.7 Å². The zero-order chi connectivity index (χ0) is 12.4. The molecule has 1 aromatic rings. The van der Waals surface area contributed by atoms with E-state index in [4.69, 9.17) is 10.5 Å². The molecule has 1 aliphatic rings. The topological polar surface area (TPSA) is 51.4 Å². The average molecular weight is 235 g/mol. The Bertz CT molecular complexity index is 394. The van der Waals surface area contributed by atoms with Gasteiger partial charge in [-0.15, -0.1) is 0 Å². The first-order chi connectivity index (χ1) is 8.15. The molecular formula is C13H21N3O. The number of rotatable bonds is 3. The van der Waals surface area contributed by atoms with Crippen molar-refractivity contribution in [2.75, 3.05) is 25.1 Å². The van der Waals surface area contributed by atoms with E-state index >= 15 is 0 Å². The second kappa shape index (κ2) is 4.92. The number of hydrogen-bond acceptors (Lipinski definition) is 4. The molecule has 1 aromatic heterocycles. The van der Waals surface area contributed by atoms with Gasteiger partial charge in [0.1, 0.15) is 0 Å². The summed E-state index contributed by atoms with van der Waals surface area (Å²) in [4.78, 5) is 6.65. The Morgan fingerprint density at radius 3 is 2.94 bits per heavy atom. The van der Waals surface area contributed by atoms with Crippen LogP contribution in [0.5, 0.6) is 5.75 Å². The average Bonchev–Trinajstić information content (AvgIpc) is 2.70. The third-order valence-electron chi connectivity index (χ3n) is 3.51. The lowest BCUT2D eigenvalue weighted by Crippen LogP contribution is -2.28. The number of nitrogens with zero attached hydrogens (tertiary/aromatic N) is 2. The van der Waals surface area contributed by atoms with Gasteiger partial charge in [0.15, 0.2) is 5.75 Å². The van der Waals surface area contributed by atoms with E-state index in [0.717, 1.165) is 36.6 Å². The van der Waals surface area contributed by atoms with E-state index < -0.39 is 0 Å². The minimum atomic E-state index is 0.513. The highest BCUT2D eigenvalue weighted by Gasteiger charge is 2.30. The molecule has 1 saturated heterocycles. The van der Waals surface area contributed by atoms with Crippen LogP contribution >= 0.6 is 0 Å². The number of hydrogen-bond donors (Lipinski definition) is 1. The van der Waals surface area contributed by atoms with Crippen molar-refractivity contribution >= 4 is 5.69 Å². The Kier molecular flexibility index (Phi) is 3.52. The fourth-order valence-electron chi connectivity index (χ4n) is 2.56. The third-order valence-corrected chi connectivity index (χ3v) is 3.51. The highest BCUT2D eigenvalue weighted by atomic mass is 16.5. The third kappa shape index (κ3) is 2.36. The van der Waals surface area contributed by atoms with Crippen LogP contribution < -0.4 is 15.4 Å². The maximum Gasteiger partial charge on any atom is 0.160 e. The number of ether oxygens (including phenoxy) is 1. The van der Waals surface area contributed by atoms with Crippen LogP contribution in [0.25, 0.3) is 0 Å². The van der Waals surface area contributed by atoms with Gasteiger partial charge in [-0.2, -0.15) is 0 Å². The van der Waals surface area contributed by atoms with Gasteiger partial charge in [0.05, 0.1) is 19.0 Å². The molecule has 17 heavy (non-hydrogen) atoms. The van der Waals surface area contributed by atoms with E-state index in [-0.39, 0.29) is 0 Å². The van der Waals surface area contributed by atoms with Gasteiger partial charge < -0.3 is 15.4 Å². The molecular weight excluding hydrogens is 214 g/mol. The van der Waals surface area contributed by atoms with Crippen molar-refractivity contribution in [1.29, 1.82) is 0 Å². The first-order valence-corrected chi connectivity index (χ1v) is 6.13. The monoisotopic (exact) mass is 235 g/mol. The molecule has 0 amide bonds. The van der Waals surface area contributed by atoms with Crippen LogP contribution in [-0.2, 0) is 0 Å². The fourth-order valence-corrected chi connectivity index (χ4v) is 2.56. The van der Waals surface area contributed by atoms with Gasteiger partial charge in [-0.05, 0) is 38.8 Å². The standard InChI is InChI=1S/C13H21N3O/c1-9-4-12(13(17-3)7-15-9)16-8-11(6-14)5-10(16)2/h4,7,10-11H,5-6,8,14H2,1-3H3. The van der Waals surface area contributed by atoms with Gasteiger partial charge in [-0.3, -0.25) is 4.98 Å². The van der Waals surface area contributed by atoms with Gasteiger partial charge in [0.25, 0.3) is 0 Å². The Balaban J connectivity index is 2.30. The van der Waals surface area contributed by atoms with Gasteiger partial charge in [0.2, 0.25) is 0 Å². The molecule has 0 aliphatic carbocycles. The summed E-state index contributed by atoms with van der Waals surface area (Å²) in [5.41, 5.74) is 7.93. The van der Waals surface area contributed by atoms with E-state index in [1.165, 1.54) is 0 Å². The van der Waals surface area contributed by atoms with Crippen LogP contribution in [0.4, 0.5) is 5.69 Å². The largest absolute Gasteiger partial charge is 0.493 e. The second-order valence-electron chi connectivity index (χ2n) is 4.84. The van der Waals surface area contributed by atoms with E-state index in [9.17, 15) is 0 Å². The maximum absolute atomic E-state index is 5.77. The number of aromatic nitrogens is 1. The van der Waals surface area contributed by atoms with Crippen LogP contribution in [-0.4, -0.2) is 31.2 Å². The fraction of sp³-hybridized carbons (Fsp3) is 0.615. The van der Waals surface area contributed by atoms with Crippen LogP contribution in [0.15, 0.2) is 12.3 Å². The van der Waals surface area contributed by atoms with Crippen molar-refractivity contribution in [3.8, 4) is 5.75 Å². The van der Waals surface area contributed by atoms with Crippen molar-refractivity contribution in [2.45, 2.75) is 26.3 Å². The van der Waals surface area contributed by atoms with E-state index in [1.54, 1.807) is 13.3 Å². The SMILES string of the molecule is COc1cnc(C)cc1N1CC(CN)CC1C. The summed E-state index contributed by atoms with van der Waals surface area (Å²) in [6.45, 7) is 6.01. The summed E-state index contributed by atoms with van der Waals surface area (Å²) in [6.07, 6.45) is 2.95. The molecule has 4 nitrogen and oxygen atoms in total. The molecule has 0 aromatic carbocycles. The lowest BCUT2D eigenvalue weighted by molar-refractivity contribution is 0.412. The summed E-state index contributed by atoms with van der Waals surface area (Å²) in [5, 5.41) is 0. The maximum atomic E-state index is 5.77. The number of anilines is 1. The molecule has 2 rings (SSSR count). The number of pyridine rings is 1. The number of aryl methyl sites for hydroxylation is 1. The number of methoxy groups -OCH3 is 1. The molecule has 1 fully saturated rings. The Labute approximate surface area is 103 Å². The normalized spacial score (nSPS) is 24.1. The molecule has 0 saturated carbocycles. The van der Waals surface area contributed by atoms with Gasteiger partial charge in [0, 0.05) is 18.3 Å². The number of nitrogens with two attached hydrogens (primary N) is 1. The summed E-state index contributed by atoms with van der Waals surface area (Å²) in [7, 11) is 1.69. The summed E-state index contributed by atoms with van der Waals surface area (Å²) >= 11 is 0. The molecule has 2 heterocycles. The highest BCUT2D eigenvalue weighted by Crippen LogP contribution is 2.35. The van der Waals surface area contributed by atoms with Crippen molar-refractivity contribution < 1.29 is 4.74 Å². The Morgan fingerprint density at radius 2 is 2.35 bits per heavy atom. The molecule has 0 radical (unpaired) electrons. The van der Waals surface area contributed by atoms with Gasteiger partial charge in [-0.25, -0.2) is 0 Å². The minimum absolute atomic E-state index is 0.513. The molecule has 94 valence electrons.